The number of ether oxygens (including phenoxy) is 1. The Morgan fingerprint density at radius 1 is 1.42 bits per heavy atom. The van der Waals surface area contributed by atoms with Crippen LogP contribution in [0.4, 0.5) is 0 Å². The van der Waals surface area contributed by atoms with E-state index in [2.05, 4.69) is 33.8 Å². The predicted molar refractivity (Wildman–Crippen MR) is 53.1 cm³/mol. The van der Waals surface area contributed by atoms with Gasteiger partial charge in [-0.2, -0.15) is 0 Å². The first-order valence-corrected chi connectivity index (χ1v) is 4.42. The van der Waals surface area contributed by atoms with E-state index in [4.69, 9.17) is 10.5 Å². The van der Waals surface area contributed by atoms with Crippen molar-refractivity contribution >= 4 is 0 Å². The van der Waals surface area contributed by atoms with Crippen LogP contribution in [0.5, 0.6) is 0 Å². The highest BCUT2D eigenvalue weighted by Crippen LogP contribution is 2.19. The van der Waals surface area contributed by atoms with Crippen molar-refractivity contribution in [3.63, 3.8) is 0 Å². The third-order valence-electron chi connectivity index (χ3n) is 1.42. The molecule has 0 fully saturated rings. The summed E-state index contributed by atoms with van der Waals surface area (Å²) in [5.41, 5.74) is 6.78. The van der Waals surface area contributed by atoms with Crippen molar-refractivity contribution in [1.29, 1.82) is 0 Å². The largest absolute Gasteiger partial charge is 0.379 e. The molecule has 0 amide bonds. The van der Waals surface area contributed by atoms with Gasteiger partial charge in [0.2, 0.25) is 0 Å². The molecule has 0 aliphatic carbocycles. The lowest BCUT2D eigenvalue weighted by Gasteiger charge is -2.20. The predicted octanol–water partition coefficient (Wildman–Crippen LogP) is 1.95. The summed E-state index contributed by atoms with van der Waals surface area (Å²) in [4.78, 5) is 0. The van der Waals surface area contributed by atoms with E-state index < -0.39 is 0 Å². The molecule has 0 aliphatic rings. The standard InChI is InChI=1S/C10H21NO/c1-9(2)7-10(3,4)8-12-6-5-11/h7H,5-6,8,11H2,1-4H3. The fraction of sp³-hybridized carbons (Fsp3) is 0.800. The van der Waals surface area contributed by atoms with Crippen LogP contribution in [0, 0.1) is 5.41 Å². The van der Waals surface area contributed by atoms with Crippen molar-refractivity contribution in [2.24, 2.45) is 11.1 Å². The highest BCUT2D eigenvalue weighted by Gasteiger charge is 2.13. The topological polar surface area (TPSA) is 35.2 Å². The second kappa shape index (κ2) is 5.33. The molecule has 0 rings (SSSR count). The minimum Gasteiger partial charge on any atom is -0.379 e. The summed E-state index contributed by atoms with van der Waals surface area (Å²) in [6, 6.07) is 0. The van der Waals surface area contributed by atoms with Crippen LogP contribution in [-0.4, -0.2) is 19.8 Å². The Hall–Kier alpha value is -0.340. The average molecular weight is 171 g/mol. The molecule has 2 N–H and O–H groups in total. The Balaban J connectivity index is 3.79. The third-order valence-corrected chi connectivity index (χ3v) is 1.42. The van der Waals surface area contributed by atoms with Gasteiger partial charge in [-0.25, -0.2) is 0 Å². The van der Waals surface area contributed by atoms with Crippen LogP contribution in [0.1, 0.15) is 27.7 Å². The molecule has 0 heterocycles. The van der Waals surface area contributed by atoms with Crippen LogP contribution in [0.3, 0.4) is 0 Å². The molecule has 0 radical (unpaired) electrons. The zero-order chi connectivity index (χ0) is 9.61. The van der Waals surface area contributed by atoms with Crippen molar-refractivity contribution < 1.29 is 4.74 Å². The Labute approximate surface area is 75.8 Å². The molecule has 0 aromatic rings. The Bertz CT molecular complexity index is 146. The van der Waals surface area contributed by atoms with Crippen molar-refractivity contribution in [2.75, 3.05) is 19.8 Å². The van der Waals surface area contributed by atoms with Crippen LogP contribution in [0.2, 0.25) is 0 Å². The first-order valence-electron chi connectivity index (χ1n) is 4.42. The van der Waals surface area contributed by atoms with E-state index in [9.17, 15) is 0 Å². The number of allylic oxidation sites excluding steroid dienone is 1. The molecule has 0 aromatic carbocycles. The van der Waals surface area contributed by atoms with Gasteiger partial charge in [0.1, 0.15) is 0 Å². The van der Waals surface area contributed by atoms with E-state index in [1.165, 1.54) is 5.57 Å². The molecular weight excluding hydrogens is 150 g/mol. The molecule has 0 spiro atoms. The van der Waals surface area contributed by atoms with Crippen LogP contribution in [0.25, 0.3) is 0 Å². The van der Waals surface area contributed by atoms with Gasteiger partial charge >= 0.3 is 0 Å². The van der Waals surface area contributed by atoms with Crippen LogP contribution in [-0.2, 0) is 4.74 Å². The van der Waals surface area contributed by atoms with Gasteiger partial charge in [-0.3, -0.25) is 0 Å². The molecule has 12 heavy (non-hydrogen) atoms. The molecule has 0 aromatic heterocycles. The van der Waals surface area contributed by atoms with Gasteiger partial charge < -0.3 is 10.5 Å². The highest BCUT2D eigenvalue weighted by atomic mass is 16.5. The summed E-state index contributed by atoms with van der Waals surface area (Å²) in [7, 11) is 0. The summed E-state index contributed by atoms with van der Waals surface area (Å²) in [6.07, 6.45) is 2.23. The summed E-state index contributed by atoms with van der Waals surface area (Å²) in [5.74, 6) is 0. The van der Waals surface area contributed by atoms with Crippen molar-refractivity contribution in [2.45, 2.75) is 27.7 Å². The van der Waals surface area contributed by atoms with E-state index in [-0.39, 0.29) is 5.41 Å². The molecule has 0 saturated heterocycles. The van der Waals surface area contributed by atoms with Crippen molar-refractivity contribution in [3.8, 4) is 0 Å². The van der Waals surface area contributed by atoms with Gasteiger partial charge in [-0.05, 0) is 13.8 Å². The van der Waals surface area contributed by atoms with Gasteiger partial charge in [0.25, 0.3) is 0 Å². The number of hydrogen-bond acceptors (Lipinski definition) is 2. The van der Waals surface area contributed by atoms with Crippen LogP contribution >= 0.6 is 0 Å². The second-order valence-electron chi connectivity index (χ2n) is 4.05. The molecule has 2 heteroatoms. The minimum absolute atomic E-state index is 0.133. The number of nitrogens with two attached hydrogens (primary N) is 1. The molecule has 2 nitrogen and oxygen atoms in total. The zero-order valence-electron chi connectivity index (χ0n) is 8.68. The van der Waals surface area contributed by atoms with E-state index in [1.807, 2.05) is 0 Å². The van der Waals surface area contributed by atoms with E-state index in [0.29, 0.717) is 13.2 Å². The zero-order valence-corrected chi connectivity index (χ0v) is 8.68. The maximum absolute atomic E-state index is 5.38. The summed E-state index contributed by atoms with van der Waals surface area (Å²) < 4.78 is 5.38. The molecule has 0 bridgehead atoms. The smallest absolute Gasteiger partial charge is 0.0589 e. The van der Waals surface area contributed by atoms with E-state index in [1.54, 1.807) is 0 Å². The third kappa shape index (κ3) is 6.38. The number of rotatable bonds is 5. The molecule has 0 aliphatic heterocycles. The normalized spacial score (nSPS) is 11.4. The Morgan fingerprint density at radius 2 is 2.00 bits per heavy atom. The Kier molecular flexibility index (Phi) is 5.18. The van der Waals surface area contributed by atoms with Crippen LogP contribution < -0.4 is 5.73 Å². The summed E-state index contributed by atoms with van der Waals surface area (Å²) in [5, 5.41) is 0. The fourth-order valence-electron chi connectivity index (χ4n) is 1.24. The Morgan fingerprint density at radius 3 is 2.42 bits per heavy atom. The highest BCUT2D eigenvalue weighted by molar-refractivity contribution is 5.02. The monoisotopic (exact) mass is 171 g/mol. The molecule has 72 valence electrons. The van der Waals surface area contributed by atoms with E-state index in [0.717, 1.165) is 6.61 Å². The molecule has 0 unspecified atom stereocenters. The first-order chi connectivity index (χ1) is 5.48. The first kappa shape index (κ1) is 11.7. The SMILES string of the molecule is CC(C)=CC(C)(C)COCCN. The number of hydrogen-bond donors (Lipinski definition) is 1. The van der Waals surface area contributed by atoms with Crippen molar-refractivity contribution in [3.05, 3.63) is 11.6 Å². The van der Waals surface area contributed by atoms with Crippen LogP contribution in [0.15, 0.2) is 11.6 Å². The van der Waals surface area contributed by atoms with Gasteiger partial charge in [0, 0.05) is 12.0 Å². The lowest BCUT2D eigenvalue weighted by atomic mass is 9.92. The molecule has 0 atom stereocenters. The van der Waals surface area contributed by atoms with Crippen molar-refractivity contribution in [1.82, 2.24) is 0 Å². The maximum atomic E-state index is 5.38. The minimum atomic E-state index is 0.133. The second-order valence-corrected chi connectivity index (χ2v) is 4.05. The van der Waals surface area contributed by atoms with E-state index >= 15 is 0 Å². The average Bonchev–Trinajstić information content (AvgIpc) is 1.84. The maximum Gasteiger partial charge on any atom is 0.0589 e. The van der Waals surface area contributed by atoms with Gasteiger partial charge in [-0.15, -0.1) is 0 Å². The summed E-state index contributed by atoms with van der Waals surface area (Å²) >= 11 is 0. The molecule has 0 saturated carbocycles. The molecular formula is C10H21NO. The fourth-order valence-corrected chi connectivity index (χ4v) is 1.24. The van der Waals surface area contributed by atoms with Gasteiger partial charge in [0.05, 0.1) is 13.2 Å². The summed E-state index contributed by atoms with van der Waals surface area (Å²) in [6.45, 7) is 10.5. The lowest BCUT2D eigenvalue weighted by Crippen LogP contribution is -2.19. The lowest BCUT2D eigenvalue weighted by molar-refractivity contribution is 0.0889. The quantitative estimate of drug-likeness (QED) is 0.507. The van der Waals surface area contributed by atoms with Gasteiger partial charge in [-0.1, -0.05) is 25.5 Å². The van der Waals surface area contributed by atoms with Gasteiger partial charge in [0.15, 0.2) is 0 Å².